The van der Waals surface area contributed by atoms with Crippen LogP contribution in [0.2, 0.25) is 0 Å². The Labute approximate surface area is 121 Å². The molecule has 7 heteroatoms. The van der Waals surface area contributed by atoms with Crippen LogP contribution in [-0.4, -0.2) is 33.1 Å². The molecule has 2 aromatic rings. The normalized spacial score (nSPS) is 12.9. The number of anilines is 1. The van der Waals surface area contributed by atoms with Crippen molar-refractivity contribution in [3.63, 3.8) is 0 Å². The number of hydrogen-bond acceptors (Lipinski definition) is 4. The Morgan fingerprint density at radius 2 is 2.33 bits per heavy atom. The maximum absolute atomic E-state index is 12.1. The van der Waals surface area contributed by atoms with Gasteiger partial charge in [0, 0.05) is 31.3 Å². The number of benzene rings is 1. The summed E-state index contributed by atoms with van der Waals surface area (Å²) in [4.78, 5) is 27.4. The lowest BCUT2D eigenvalue weighted by molar-refractivity contribution is -0.115. The van der Waals surface area contributed by atoms with Gasteiger partial charge in [0.05, 0.1) is 6.42 Å². The van der Waals surface area contributed by atoms with Crippen molar-refractivity contribution >= 4 is 17.5 Å². The molecule has 21 heavy (non-hydrogen) atoms. The molecule has 0 unspecified atom stereocenters. The molecule has 1 aliphatic heterocycles. The molecule has 2 heterocycles. The first-order chi connectivity index (χ1) is 10.1. The van der Waals surface area contributed by atoms with Crippen molar-refractivity contribution in [2.75, 3.05) is 11.9 Å². The summed E-state index contributed by atoms with van der Waals surface area (Å²) in [6, 6.07) is 5.22. The Bertz CT molecular complexity index is 707. The first kappa shape index (κ1) is 13.3. The van der Waals surface area contributed by atoms with E-state index in [1.807, 2.05) is 0 Å². The molecule has 1 aliphatic rings. The monoisotopic (exact) mass is 285 g/mol. The van der Waals surface area contributed by atoms with E-state index in [-0.39, 0.29) is 11.8 Å². The zero-order valence-electron chi connectivity index (χ0n) is 11.6. The summed E-state index contributed by atoms with van der Waals surface area (Å²) in [5, 5.41) is 9.71. The van der Waals surface area contributed by atoms with Crippen LogP contribution in [-0.2, 0) is 24.7 Å². The van der Waals surface area contributed by atoms with E-state index in [1.165, 1.54) is 0 Å². The standard InChI is InChI=1S/C14H15N5O2/c1-19-8-16-12(18-19)4-5-15-14(21)9-2-3-11-10(6-9)7-13(20)17-11/h2-3,6,8H,4-5,7H2,1H3,(H,15,21)(H,17,20). The molecule has 108 valence electrons. The quantitative estimate of drug-likeness (QED) is 0.844. The van der Waals surface area contributed by atoms with E-state index in [4.69, 9.17) is 0 Å². The number of nitrogens with zero attached hydrogens (tertiary/aromatic N) is 3. The number of rotatable bonds is 4. The predicted molar refractivity (Wildman–Crippen MR) is 75.8 cm³/mol. The topological polar surface area (TPSA) is 88.9 Å². The fourth-order valence-electron chi connectivity index (χ4n) is 2.26. The van der Waals surface area contributed by atoms with Gasteiger partial charge in [-0.05, 0) is 23.8 Å². The number of carbonyl (C=O) groups is 2. The van der Waals surface area contributed by atoms with Gasteiger partial charge in [0.25, 0.3) is 5.91 Å². The molecule has 0 spiro atoms. The third kappa shape index (κ3) is 2.91. The van der Waals surface area contributed by atoms with E-state index >= 15 is 0 Å². The molecule has 2 N–H and O–H groups in total. The van der Waals surface area contributed by atoms with Gasteiger partial charge in [-0.2, -0.15) is 5.10 Å². The second-order valence-corrected chi connectivity index (χ2v) is 4.94. The third-order valence-electron chi connectivity index (χ3n) is 3.27. The van der Waals surface area contributed by atoms with Crippen LogP contribution in [0.15, 0.2) is 24.5 Å². The van der Waals surface area contributed by atoms with Crippen LogP contribution >= 0.6 is 0 Å². The highest BCUT2D eigenvalue weighted by Gasteiger charge is 2.18. The van der Waals surface area contributed by atoms with Crippen molar-refractivity contribution in [3.8, 4) is 0 Å². The second kappa shape index (κ2) is 5.35. The van der Waals surface area contributed by atoms with Gasteiger partial charge in [-0.15, -0.1) is 0 Å². The van der Waals surface area contributed by atoms with Gasteiger partial charge in [-0.25, -0.2) is 4.98 Å². The van der Waals surface area contributed by atoms with Gasteiger partial charge < -0.3 is 10.6 Å². The highest BCUT2D eigenvalue weighted by Crippen LogP contribution is 2.23. The van der Waals surface area contributed by atoms with Crippen molar-refractivity contribution in [1.29, 1.82) is 0 Å². The first-order valence-electron chi connectivity index (χ1n) is 6.67. The van der Waals surface area contributed by atoms with Gasteiger partial charge in [-0.1, -0.05) is 0 Å². The molecule has 0 bridgehead atoms. The lowest BCUT2D eigenvalue weighted by Gasteiger charge is -2.05. The number of amides is 2. The van der Waals surface area contributed by atoms with E-state index in [2.05, 4.69) is 20.7 Å². The molecular formula is C14H15N5O2. The molecule has 0 saturated carbocycles. The number of aryl methyl sites for hydroxylation is 1. The summed E-state index contributed by atoms with van der Waals surface area (Å²) in [7, 11) is 1.80. The van der Waals surface area contributed by atoms with E-state index in [1.54, 1.807) is 36.3 Å². The maximum Gasteiger partial charge on any atom is 0.251 e. The van der Waals surface area contributed by atoms with Gasteiger partial charge in [0.2, 0.25) is 5.91 Å². The maximum atomic E-state index is 12.1. The average Bonchev–Trinajstić information content (AvgIpc) is 3.02. The summed E-state index contributed by atoms with van der Waals surface area (Å²) in [6.07, 6.45) is 2.54. The highest BCUT2D eigenvalue weighted by molar-refractivity contribution is 6.01. The molecule has 1 aromatic heterocycles. The summed E-state index contributed by atoms with van der Waals surface area (Å²) >= 11 is 0. The minimum absolute atomic E-state index is 0.0382. The number of carbonyl (C=O) groups excluding carboxylic acids is 2. The Morgan fingerprint density at radius 3 is 3.10 bits per heavy atom. The van der Waals surface area contributed by atoms with Gasteiger partial charge in [-0.3, -0.25) is 14.3 Å². The van der Waals surface area contributed by atoms with Crippen molar-refractivity contribution in [2.24, 2.45) is 7.05 Å². The van der Waals surface area contributed by atoms with Crippen LogP contribution in [0.5, 0.6) is 0 Å². The Kier molecular flexibility index (Phi) is 3.39. The number of nitrogens with one attached hydrogen (secondary N) is 2. The first-order valence-corrected chi connectivity index (χ1v) is 6.67. The van der Waals surface area contributed by atoms with Crippen molar-refractivity contribution in [2.45, 2.75) is 12.8 Å². The number of hydrogen-bond donors (Lipinski definition) is 2. The van der Waals surface area contributed by atoms with E-state index in [9.17, 15) is 9.59 Å². The Hall–Kier alpha value is -2.70. The van der Waals surface area contributed by atoms with Crippen molar-refractivity contribution in [3.05, 3.63) is 41.5 Å². The van der Waals surface area contributed by atoms with Gasteiger partial charge in [0.15, 0.2) is 5.82 Å². The fraction of sp³-hybridized carbons (Fsp3) is 0.286. The molecule has 0 radical (unpaired) electrons. The zero-order chi connectivity index (χ0) is 14.8. The van der Waals surface area contributed by atoms with Crippen LogP contribution in [0, 0.1) is 0 Å². The Balaban J connectivity index is 1.58. The molecule has 0 aliphatic carbocycles. The van der Waals surface area contributed by atoms with Crippen LogP contribution < -0.4 is 10.6 Å². The van der Waals surface area contributed by atoms with E-state index < -0.39 is 0 Å². The predicted octanol–water partition coefficient (Wildman–Crippen LogP) is 0.282. The van der Waals surface area contributed by atoms with Crippen molar-refractivity contribution < 1.29 is 9.59 Å². The minimum Gasteiger partial charge on any atom is -0.352 e. The summed E-state index contributed by atoms with van der Waals surface area (Å²) in [5.74, 6) is 0.499. The summed E-state index contributed by atoms with van der Waals surface area (Å²) in [5.41, 5.74) is 2.20. The summed E-state index contributed by atoms with van der Waals surface area (Å²) < 4.78 is 1.63. The Morgan fingerprint density at radius 1 is 1.48 bits per heavy atom. The molecule has 0 atom stereocenters. The lowest BCUT2D eigenvalue weighted by atomic mass is 10.1. The van der Waals surface area contributed by atoms with Crippen LogP contribution in [0.4, 0.5) is 5.69 Å². The SMILES string of the molecule is Cn1cnc(CCNC(=O)c2ccc3c(c2)CC(=O)N3)n1. The highest BCUT2D eigenvalue weighted by atomic mass is 16.2. The van der Waals surface area contributed by atoms with Crippen LogP contribution in [0.3, 0.4) is 0 Å². The van der Waals surface area contributed by atoms with Crippen LogP contribution in [0.1, 0.15) is 21.7 Å². The number of aromatic nitrogens is 3. The average molecular weight is 285 g/mol. The van der Waals surface area contributed by atoms with Gasteiger partial charge in [0.1, 0.15) is 6.33 Å². The summed E-state index contributed by atoms with van der Waals surface area (Å²) in [6.45, 7) is 0.469. The molecule has 0 saturated heterocycles. The largest absolute Gasteiger partial charge is 0.352 e. The zero-order valence-corrected chi connectivity index (χ0v) is 11.6. The molecule has 3 rings (SSSR count). The molecule has 1 aromatic carbocycles. The number of fused-ring (bicyclic) bond motifs is 1. The smallest absolute Gasteiger partial charge is 0.251 e. The van der Waals surface area contributed by atoms with Crippen LogP contribution in [0.25, 0.3) is 0 Å². The van der Waals surface area contributed by atoms with Crippen molar-refractivity contribution in [1.82, 2.24) is 20.1 Å². The minimum atomic E-state index is -0.159. The lowest BCUT2D eigenvalue weighted by Crippen LogP contribution is -2.26. The molecular weight excluding hydrogens is 270 g/mol. The van der Waals surface area contributed by atoms with Gasteiger partial charge >= 0.3 is 0 Å². The second-order valence-electron chi connectivity index (χ2n) is 4.94. The van der Waals surface area contributed by atoms with E-state index in [0.29, 0.717) is 30.8 Å². The molecule has 2 amide bonds. The third-order valence-corrected chi connectivity index (χ3v) is 3.27. The van der Waals surface area contributed by atoms with E-state index in [0.717, 1.165) is 11.3 Å². The fourth-order valence-corrected chi connectivity index (χ4v) is 2.26. The molecule has 7 nitrogen and oxygen atoms in total. The molecule has 0 fully saturated rings.